The smallest absolute Gasteiger partial charge is 0.189 e. The summed E-state index contributed by atoms with van der Waals surface area (Å²) in [7, 11) is 0. The minimum atomic E-state index is -2.16. The zero-order valence-electron chi connectivity index (χ0n) is 6.10. The van der Waals surface area contributed by atoms with E-state index in [4.69, 9.17) is 15.3 Å². The maximum atomic E-state index is 12.8. The van der Waals surface area contributed by atoms with Crippen LogP contribution >= 0.6 is 0 Å². The van der Waals surface area contributed by atoms with Gasteiger partial charge in [0, 0.05) is 0 Å². The summed E-state index contributed by atoms with van der Waals surface area (Å²) in [5.41, 5.74) is 0. The van der Waals surface area contributed by atoms with E-state index < -0.39 is 37.4 Å². The molecule has 1 rings (SSSR count). The van der Waals surface area contributed by atoms with Crippen LogP contribution in [0.4, 0.5) is 8.78 Å². The Labute approximate surface area is 67.4 Å². The molecule has 0 radical (unpaired) electrons. The van der Waals surface area contributed by atoms with Crippen molar-refractivity contribution in [3.05, 3.63) is 0 Å². The quantitative estimate of drug-likeness (QED) is 0.475. The predicted octanol–water partition coefficient (Wildman–Crippen LogP) is -1.27. The Kier molecular flexibility index (Phi) is 2.94. The van der Waals surface area contributed by atoms with Gasteiger partial charge in [-0.05, 0) is 0 Å². The van der Waals surface area contributed by atoms with Crippen molar-refractivity contribution in [1.82, 2.24) is 0 Å². The SMILES string of the molecule is OC[C@H]1OC(O)[C@H](F)[C@@H](O)[C@@H]1F. The number of aliphatic hydroxyl groups is 3. The first-order valence-corrected chi connectivity index (χ1v) is 3.48. The van der Waals surface area contributed by atoms with Crippen LogP contribution in [0.3, 0.4) is 0 Å². The number of ether oxygens (including phenoxy) is 1. The van der Waals surface area contributed by atoms with Crippen molar-refractivity contribution in [3.63, 3.8) is 0 Å². The van der Waals surface area contributed by atoms with E-state index in [0.29, 0.717) is 0 Å². The fraction of sp³-hybridized carbons (Fsp3) is 1.00. The number of alkyl halides is 2. The molecule has 1 unspecified atom stereocenters. The molecule has 1 heterocycles. The van der Waals surface area contributed by atoms with Crippen molar-refractivity contribution in [2.75, 3.05) is 6.61 Å². The minimum Gasteiger partial charge on any atom is -0.394 e. The molecule has 1 aliphatic rings. The monoisotopic (exact) mass is 184 g/mol. The summed E-state index contributed by atoms with van der Waals surface area (Å²) < 4.78 is 29.7. The predicted molar refractivity (Wildman–Crippen MR) is 33.8 cm³/mol. The normalized spacial score (nSPS) is 49.2. The molecule has 1 saturated heterocycles. The summed E-state index contributed by atoms with van der Waals surface area (Å²) in [4.78, 5) is 0. The third kappa shape index (κ3) is 1.56. The molecule has 0 spiro atoms. The van der Waals surface area contributed by atoms with E-state index in [9.17, 15) is 8.78 Å². The van der Waals surface area contributed by atoms with E-state index in [1.54, 1.807) is 0 Å². The molecule has 0 aliphatic carbocycles. The van der Waals surface area contributed by atoms with Crippen LogP contribution < -0.4 is 0 Å². The fourth-order valence-corrected chi connectivity index (χ4v) is 1.04. The summed E-state index contributed by atoms with van der Waals surface area (Å²) in [6, 6.07) is 0. The molecule has 0 amide bonds. The van der Waals surface area contributed by atoms with Gasteiger partial charge in [0.25, 0.3) is 0 Å². The van der Waals surface area contributed by atoms with Crippen LogP contribution in [0.25, 0.3) is 0 Å². The van der Waals surface area contributed by atoms with Crippen LogP contribution in [0.2, 0.25) is 0 Å². The first-order chi connectivity index (χ1) is 5.57. The van der Waals surface area contributed by atoms with Crippen LogP contribution in [0.15, 0.2) is 0 Å². The van der Waals surface area contributed by atoms with Gasteiger partial charge in [0.15, 0.2) is 18.6 Å². The summed E-state index contributed by atoms with van der Waals surface area (Å²) >= 11 is 0. The first kappa shape index (κ1) is 9.79. The lowest BCUT2D eigenvalue weighted by molar-refractivity contribution is -0.258. The fourth-order valence-electron chi connectivity index (χ4n) is 1.04. The lowest BCUT2D eigenvalue weighted by atomic mass is 10.0. The van der Waals surface area contributed by atoms with E-state index in [1.807, 2.05) is 0 Å². The Morgan fingerprint density at radius 2 is 1.75 bits per heavy atom. The van der Waals surface area contributed by atoms with Crippen LogP contribution in [0.5, 0.6) is 0 Å². The summed E-state index contributed by atoms with van der Waals surface area (Å²) in [5.74, 6) is 0. The second kappa shape index (κ2) is 3.61. The topological polar surface area (TPSA) is 69.9 Å². The molecule has 0 saturated carbocycles. The summed E-state index contributed by atoms with van der Waals surface area (Å²) in [6.07, 6.45) is -9.34. The van der Waals surface area contributed by atoms with Gasteiger partial charge in [0.2, 0.25) is 0 Å². The van der Waals surface area contributed by atoms with Gasteiger partial charge < -0.3 is 20.1 Å². The molecule has 0 aromatic carbocycles. The highest BCUT2D eigenvalue weighted by atomic mass is 19.1. The van der Waals surface area contributed by atoms with E-state index in [-0.39, 0.29) is 0 Å². The second-order valence-corrected chi connectivity index (χ2v) is 2.63. The van der Waals surface area contributed by atoms with Crippen molar-refractivity contribution in [2.45, 2.75) is 30.8 Å². The van der Waals surface area contributed by atoms with Gasteiger partial charge >= 0.3 is 0 Å². The zero-order valence-corrected chi connectivity index (χ0v) is 6.10. The van der Waals surface area contributed by atoms with Crippen molar-refractivity contribution in [1.29, 1.82) is 0 Å². The zero-order chi connectivity index (χ0) is 9.30. The van der Waals surface area contributed by atoms with E-state index in [1.165, 1.54) is 0 Å². The van der Waals surface area contributed by atoms with Gasteiger partial charge in [-0.3, -0.25) is 0 Å². The minimum absolute atomic E-state index is 0.706. The standard InChI is InChI=1S/C6H10F2O4/c7-3-2(1-9)12-6(11)4(8)5(3)10/h2-6,9-11H,1H2/t2-,3-,4-,5+,6?/m1/s1. The van der Waals surface area contributed by atoms with E-state index in [0.717, 1.165) is 0 Å². The highest BCUT2D eigenvalue weighted by Gasteiger charge is 2.45. The molecule has 3 N–H and O–H groups in total. The highest BCUT2D eigenvalue weighted by Crippen LogP contribution is 2.23. The highest BCUT2D eigenvalue weighted by molar-refractivity contribution is 4.88. The van der Waals surface area contributed by atoms with Gasteiger partial charge in [-0.1, -0.05) is 0 Å². The Hall–Kier alpha value is -0.300. The first-order valence-electron chi connectivity index (χ1n) is 3.48. The summed E-state index contributed by atoms with van der Waals surface area (Å²) in [6.45, 7) is -0.706. The Bertz CT molecular complexity index is 152. The molecule has 72 valence electrons. The molecule has 12 heavy (non-hydrogen) atoms. The molecule has 1 aliphatic heterocycles. The van der Waals surface area contributed by atoms with Crippen LogP contribution in [0.1, 0.15) is 0 Å². The molecule has 1 fully saturated rings. The number of rotatable bonds is 1. The lowest BCUT2D eigenvalue weighted by Crippen LogP contribution is -2.55. The van der Waals surface area contributed by atoms with Gasteiger partial charge in [-0.15, -0.1) is 0 Å². The number of aliphatic hydroxyl groups excluding tert-OH is 3. The molecule has 6 heteroatoms. The average molecular weight is 184 g/mol. The van der Waals surface area contributed by atoms with Gasteiger partial charge in [0.05, 0.1) is 6.61 Å². The lowest BCUT2D eigenvalue weighted by Gasteiger charge is -2.34. The van der Waals surface area contributed by atoms with E-state index >= 15 is 0 Å². The second-order valence-electron chi connectivity index (χ2n) is 2.63. The third-order valence-electron chi connectivity index (χ3n) is 1.77. The Morgan fingerprint density at radius 3 is 2.25 bits per heavy atom. The Morgan fingerprint density at radius 1 is 1.17 bits per heavy atom. The molecule has 0 aromatic heterocycles. The summed E-state index contributed by atoms with van der Waals surface area (Å²) in [5, 5.41) is 26.0. The Balaban J connectivity index is 2.63. The molecular weight excluding hydrogens is 174 g/mol. The van der Waals surface area contributed by atoms with Crippen molar-refractivity contribution >= 4 is 0 Å². The van der Waals surface area contributed by atoms with Gasteiger partial charge in [-0.25, -0.2) is 8.78 Å². The van der Waals surface area contributed by atoms with Crippen molar-refractivity contribution in [2.24, 2.45) is 0 Å². The maximum absolute atomic E-state index is 12.8. The molecular formula is C6H10F2O4. The molecule has 0 bridgehead atoms. The van der Waals surface area contributed by atoms with E-state index in [2.05, 4.69) is 4.74 Å². The number of hydrogen-bond donors (Lipinski definition) is 3. The number of halogens is 2. The van der Waals surface area contributed by atoms with Gasteiger partial charge in [-0.2, -0.15) is 0 Å². The average Bonchev–Trinajstić information content (AvgIpc) is 2.08. The molecule has 5 atom stereocenters. The molecule has 0 aromatic rings. The van der Waals surface area contributed by atoms with Crippen molar-refractivity contribution < 1.29 is 28.8 Å². The van der Waals surface area contributed by atoms with Crippen LogP contribution in [-0.2, 0) is 4.74 Å². The third-order valence-corrected chi connectivity index (χ3v) is 1.77. The maximum Gasteiger partial charge on any atom is 0.189 e. The van der Waals surface area contributed by atoms with Crippen LogP contribution in [0, 0.1) is 0 Å². The van der Waals surface area contributed by atoms with Crippen molar-refractivity contribution in [3.8, 4) is 0 Å². The van der Waals surface area contributed by atoms with Gasteiger partial charge in [0.1, 0.15) is 12.2 Å². The number of hydrogen-bond acceptors (Lipinski definition) is 4. The van der Waals surface area contributed by atoms with Crippen LogP contribution in [-0.4, -0.2) is 52.8 Å². The largest absolute Gasteiger partial charge is 0.394 e. The molecule has 4 nitrogen and oxygen atoms in total.